The number of hydrogen-bond acceptors (Lipinski definition) is 7. The molecule has 1 aromatic carbocycles. The molecule has 0 aliphatic rings. The molecule has 138 valence electrons. The lowest BCUT2D eigenvalue weighted by Gasteiger charge is -2.09. The van der Waals surface area contributed by atoms with Crippen LogP contribution in [0.2, 0.25) is 0 Å². The number of aromatic nitrogens is 2. The first kappa shape index (κ1) is 19.0. The summed E-state index contributed by atoms with van der Waals surface area (Å²) < 4.78 is 11.2. The zero-order valence-electron chi connectivity index (χ0n) is 14.4. The zero-order chi connectivity index (χ0) is 19.3. The van der Waals surface area contributed by atoms with Crippen LogP contribution >= 0.6 is 0 Å². The van der Waals surface area contributed by atoms with Crippen molar-refractivity contribution in [3.05, 3.63) is 56.2 Å². The Morgan fingerprint density at radius 1 is 1.27 bits per heavy atom. The Balaban J connectivity index is 1.88. The SMILES string of the molecule is Cc1cccc(OCCC(=O)OCC(=O)c2c(N)n(C)c(=O)[nH]c2=O)c1. The predicted molar refractivity (Wildman–Crippen MR) is 93.3 cm³/mol. The number of nitrogen functional groups attached to an aromatic ring is 1. The molecule has 0 spiro atoms. The van der Waals surface area contributed by atoms with Gasteiger partial charge in [0.15, 0.2) is 6.61 Å². The number of nitrogens with one attached hydrogen (secondary N) is 1. The first-order valence-corrected chi connectivity index (χ1v) is 7.76. The summed E-state index contributed by atoms with van der Waals surface area (Å²) in [6.07, 6.45) is -0.0691. The van der Waals surface area contributed by atoms with E-state index in [2.05, 4.69) is 0 Å². The number of hydrogen-bond donors (Lipinski definition) is 2. The van der Waals surface area contributed by atoms with Crippen LogP contribution in [0.4, 0.5) is 5.82 Å². The average Bonchev–Trinajstić information content (AvgIpc) is 2.58. The highest BCUT2D eigenvalue weighted by Gasteiger charge is 2.19. The number of H-pyrrole nitrogens is 1. The van der Waals surface area contributed by atoms with Crippen LogP contribution < -0.4 is 21.7 Å². The second kappa shape index (κ2) is 8.15. The molecular formula is C17H19N3O6. The third kappa shape index (κ3) is 4.59. The molecular weight excluding hydrogens is 342 g/mol. The summed E-state index contributed by atoms with van der Waals surface area (Å²) in [5, 5.41) is 0. The molecule has 0 aliphatic heterocycles. The van der Waals surface area contributed by atoms with Crippen molar-refractivity contribution in [1.29, 1.82) is 0 Å². The number of anilines is 1. The van der Waals surface area contributed by atoms with E-state index in [1.54, 1.807) is 6.07 Å². The molecule has 0 aliphatic carbocycles. The number of ether oxygens (including phenoxy) is 2. The van der Waals surface area contributed by atoms with E-state index in [9.17, 15) is 19.2 Å². The maximum atomic E-state index is 12.1. The van der Waals surface area contributed by atoms with Crippen molar-refractivity contribution in [2.45, 2.75) is 13.3 Å². The number of aromatic amines is 1. The number of nitrogens with zero attached hydrogens (tertiary/aromatic N) is 1. The third-order valence-electron chi connectivity index (χ3n) is 3.58. The molecule has 1 aromatic heterocycles. The van der Waals surface area contributed by atoms with Crippen LogP contribution in [0.3, 0.4) is 0 Å². The van der Waals surface area contributed by atoms with Gasteiger partial charge in [-0.1, -0.05) is 12.1 Å². The van der Waals surface area contributed by atoms with Gasteiger partial charge in [0.1, 0.15) is 17.1 Å². The summed E-state index contributed by atoms with van der Waals surface area (Å²) in [5.41, 5.74) is 4.55. The Morgan fingerprint density at radius 3 is 2.69 bits per heavy atom. The van der Waals surface area contributed by atoms with Gasteiger partial charge in [0, 0.05) is 7.05 Å². The first-order chi connectivity index (χ1) is 12.3. The van der Waals surface area contributed by atoms with Crippen LogP contribution in [-0.4, -0.2) is 34.5 Å². The number of aryl methyl sites for hydroxylation is 1. The van der Waals surface area contributed by atoms with Crippen molar-refractivity contribution in [3.8, 4) is 5.75 Å². The number of ketones is 1. The van der Waals surface area contributed by atoms with E-state index >= 15 is 0 Å². The quantitative estimate of drug-likeness (QED) is 0.530. The van der Waals surface area contributed by atoms with Crippen molar-refractivity contribution >= 4 is 17.6 Å². The number of carbonyl (C=O) groups excluding carboxylic acids is 2. The smallest absolute Gasteiger partial charge is 0.329 e. The fourth-order valence-electron chi connectivity index (χ4n) is 2.15. The fourth-order valence-corrected chi connectivity index (χ4v) is 2.15. The van der Waals surface area contributed by atoms with Crippen molar-refractivity contribution in [3.63, 3.8) is 0 Å². The lowest BCUT2D eigenvalue weighted by atomic mass is 10.2. The number of benzene rings is 1. The minimum absolute atomic E-state index is 0.0691. The van der Waals surface area contributed by atoms with Crippen LogP contribution in [0.5, 0.6) is 5.75 Å². The molecule has 2 rings (SSSR count). The van der Waals surface area contributed by atoms with Crippen LogP contribution in [0, 0.1) is 6.92 Å². The number of esters is 1. The number of Topliss-reactive ketones (excluding diaryl/α,β-unsaturated/α-hetero) is 1. The van der Waals surface area contributed by atoms with E-state index in [-0.39, 0.29) is 18.8 Å². The van der Waals surface area contributed by atoms with Gasteiger partial charge in [-0.3, -0.25) is 23.9 Å². The van der Waals surface area contributed by atoms with Gasteiger partial charge in [0.25, 0.3) is 5.56 Å². The Bertz CT molecular complexity index is 944. The lowest BCUT2D eigenvalue weighted by molar-refractivity contribution is -0.143. The number of nitrogens with two attached hydrogens (primary N) is 1. The molecule has 3 N–H and O–H groups in total. The van der Waals surface area contributed by atoms with Crippen LogP contribution in [0.25, 0.3) is 0 Å². The summed E-state index contributed by atoms with van der Waals surface area (Å²) in [7, 11) is 1.30. The van der Waals surface area contributed by atoms with E-state index in [1.165, 1.54) is 7.05 Å². The molecule has 26 heavy (non-hydrogen) atoms. The van der Waals surface area contributed by atoms with Crippen molar-refractivity contribution in [1.82, 2.24) is 9.55 Å². The summed E-state index contributed by atoms with van der Waals surface area (Å²) in [5.74, 6) is -1.13. The summed E-state index contributed by atoms with van der Waals surface area (Å²) in [6, 6.07) is 7.33. The topological polar surface area (TPSA) is 133 Å². The van der Waals surface area contributed by atoms with Crippen molar-refractivity contribution in [2.75, 3.05) is 18.9 Å². The summed E-state index contributed by atoms with van der Waals surface area (Å²) in [4.78, 5) is 48.8. The molecule has 0 bridgehead atoms. The maximum Gasteiger partial charge on any atom is 0.329 e. The molecule has 0 unspecified atom stereocenters. The molecule has 2 aromatic rings. The second-order valence-corrected chi connectivity index (χ2v) is 5.58. The minimum Gasteiger partial charge on any atom is -0.493 e. The molecule has 0 amide bonds. The van der Waals surface area contributed by atoms with Gasteiger partial charge in [-0.05, 0) is 24.6 Å². The molecule has 0 saturated carbocycles. The van der Waals surface area contributed by atoms with Gasteiger partial charge >= 0.3 is 11.7 Å². The minimum atomic E-state index is -0.922. The normalized spacial score (nSPS) is 10.4. The van der Waals surface area contributed by atoms with E-state index in [0.717, 1.165) is 10.1 Å². The third-order valence-corrected chi connectivity index (χ3v) is 3.58. The van der Waals surface area contributed by atoms with E-state index in [1.807, 2.05) is 30.1 Å². The molecule has 0 radical (unpaired) electrons. The van der Waals surface area contributed by atoms with Gasteiger partial charge in [-0.15, -0.1) is 0 Å². The molecule has 1 heterocycles. The van der Waals surface area contributed by atoms with Crippen molar-refractivity contribution < 1.29 is 19.1 Å². The van der Waals surface area contributed by atoms with Gasteiger partial charge in [-0.25, -0.2) is 4.79 Å². The lowest BCUT2D eigenvalue weighted by Crippen LogP contribution is -2.35. The molecule has 0 atom stereocenters. The van der Waals surface area contributed by atoms with Gasteiger partial charge in [0.2, 0.25) is 5.78 Å². The zero-order valence-corrected chi connectivity index (χ0v) is 14.4. The second-order valence-electron chi connectivity index (χ2n) is 5.58. The molecule has 9 heteroatoms. The fraction of sp³-hybridized carbons (Fsp3) is 0.294. The predicted octanol–water partition coefficient (Wildman–Crippen LogP) is 0.159. The van der Waals surface area contributed by atoms with Gasteiger partial charge < -0.3 is 15.2 Å². The average molecular weight is 361 g/mol. The number of carbonyl (C=O) groups is 2. The van der Waals surface area contributed by atoms with Gasteiger partial charge in [0.05, 0.1) is 13.0 Å². The Kier molecular flexibility index (Phi) is 5.94. The molecule has 9 nitrogen and oxygen atoms in total. The summed E-state index contributed by atoms with van der Waals surface area (Å²) >= 11 is 0. The Morgan fingerprint density at radius 2 is 2.00 bits per heavy atom. The molecule has 0 saturated heterocycles. The Labute approximate surface area is 148 Å². The van der Waals surface area contributed by atoms with E-state index < -0.39 is 35.2 Å². The number of rotatable bonds is 7. The van der Waals surface area contributed by atoms with Gasteiger partial charge in [-0.2, -0.15) is 0 Å². The highest BCUT2D eigenvalue weighted by molar-refractivity contribution is 6.01. The first-order valence-electron chi connectivity index (χ1n) is 7.76. The highest BCUT2D eigenvalue weighted by atomic mass is 16.5. The molecule has 0 fully saturated rings. The maximum absolute atomic E-state index is 12.1. The van der Waals surface area contributed by atoms with Crippen LogP contribution in [0.15, 0.2) is 33.9 Å². The van der Waals surface area contributed by atoms with E-state index in [0.29, 0.717) is 5.75 Å². The highest BCUT2D eigenvalue weighted by Crippen LogP contribution is 2.12. The standard InChI is InChI=1S/C17H19N3O6/c1-10-4-3-5-11(8-10)25-7-6-13(22)26-9-12(21)14-15(18)20(2)17(24)19-16(14)23/h3-5,8H,6-7,9,18H2,1-2H3,(H,19,23,24). The monoisotopic (exact) mass is 361 g/mol. The van der Waals surface area contributed by atoms with Crippen molar-refractivity contribution in [2.24, 2.45) is 7.05 Å². The largest absolute Gasteiger partial charge is 0.493 e. The van der Waals surface area contributed by atoms with Crippen LogP contribution in [-0.2, 0) is 16.6 Å². The van der Waals surface area contributed by atoms with Crippen LogP contribution in [0.1, 0.15) is 22.3 Å². The Hall–Kier alpha value is -3.36. The van der Waals surface area contributed by atoms with E-state index in [4.69, 9.17) is 15.2 Å². The summed E-state index contributed by atoms with van der Waals surface area (Å²) in [6.45, 7) is 1.34.